The second kappa shape index (κ2) is 13.8. The number of rotatable bonds is 13. The lowest BCUT2D eigenvalue weighted by atomic mass is 9.96. The highest BCUT2D eigenvalue weighted by molar-refractivity contribution is 6.74. The highest BCUT2D eigenvalue weighted by Crippen LogP contribution is 2.37. The maximum atomic E-state index is 11.9. The average molecular weight is 490 g/mol. The molecular formula is C24H47NO7Si. The number of unbranched alkanes of at least 4 members (excludes halogenated alkanes) is 5. The lowest BCUT2D eigenvalue weighted by Crippen LogP contribution is -2.66. The van der Waals surface area contributed by atoms with Gasteiger partial charge in [0.25, 0.3) is 0 Å². The van der Waals surface area contributed by atoms with Crippen LogP contribution in [0.4, 0.5) is 0 Å². The number of esters is 1. The highest BCUT2D eigenvalue weighted by atomic mass is 28.4. The van der Waals surface area contributed by atoms with Crippen LogP contribution in [0.3, 0.4) is 0 Å². The van der Waals surface area contributed by atoms with Crippen LogP contribution in [0.2, 0.25) is 18.1 Å². The van der Waals surface area contributed by atoms with Gasteiger partial charge >= 0.3 is 5.97 Å². The number of aliphatic hydroxyl groups excluding tert-OH is 1. The molecule has 0 saturated carbocycles. The first-order valence-electron chi connectivity index (χ1n) is 12.3. The van der Waals surface area contributed by atoms with Gasteiger partial charge < -0.3 is 29.1 Å². The normalized spacial score (nSPS) is 26.2. The van der Waals surface area contributed by atoms with Gasteiger partial charge in [-0.1, -0.05) is 59.8 Å². The molecule has 1 saturated heterocycles. The van der Waals surface area contributed by atoms with E-state index in [1.165, 1.54) is 33.1 Å². The largest absolute Gasteiger partial charge is 0.457 e. The molecule has 0 bridgehead atoms. The fourth-order valence-corrected chi connectivity index (χ4v) is 4.52. The van der Waals surface area contributed by atoms with Crippen LogP contribution >= 0.6 is 0 Å². The molecule has 1 fully saturated rings. The number of amides is 1. The second-order valence-electron chi connectivity index (χ2n) is 10.5. The molecule has 1 heterocycles. The lowest BCUT2D eigenvalue weighted by molar-refractivity contribution is -0.272. The number of nitrogens with one attached hydrogen (secondary N) is 1. The van der Waals surface area contributed by atoms with Crippen molar-refractivity contribution >= 4 is 20.2 Å². The monoisotopic (exact) mass is 489 g/mol. The zero-order chi connectivity index (χ0) is 25.2. The SMILES string of the molecule is CCCCCCCCO[C@@H]1O[C@H](CO[Si](C)(C)C(C)(C)C)[C@@H](O)[C@H](OC(C)=O)[C@H]1NC(C)=O. The summed E-state index contributed by atoms with van der Waals surface area (Å²) in [6, 6.07) is -0.814. The van der Waals surface area contributed by atoms with Gasteiger partial charge in [-0.15, -0.1) is 0 Å². The molecule has 5 atom stereocenters. The van der Waals surface area contributed by atoms with Crippen LogP contribution in [0.25, 0.3) is 0 Å². The molecule has 2 N–H and O–H groups in total. The first kappa shape index (κ1) is 30.0. The maximum Gasteiger partial charge on any atom is 0.303 e. The average Bonchev–Trinajstić information content (AvgIpc) is 2.69. The number of aliphatic hydroxyl groups is 1. The van der Waals surface area contributed by atoms with E-state index in [0.717, 1.165) is 19.3 Å². The Kier molecular flexibility index (Phi) is 12.5. The summed E-state index contributed by atoms with van der Waals surface area (Å²) in [5.41, 5.74) is 0. The van der Waals surface area contributed by atoms with Crippen molar-refractivity contribution < 1.29 is 33.3 Å². The smallest absolute Gasteiger partial charge is 0.303 e. The highest BCUT2D eigenvalue weighted by Gasteiger charge is 2.49. The Bertz CT molecular complexity index is 608. The first-order valence-corrected chi connectivity index (χ1v) is 15.2. The second-order valence-corrected chi connectivity index (χ2v) is 15.4. The predicted molar refractivity (Wildman–Crippen MR) is 130 cm³/mol. The fourth-order valence-electron chi connectivity index (χ4n) is 3.51. The molecule has 9 heteroatoms. The topological polar surface area (TPSA) is 103 Å². The van der Waals surface area contributed by atoms with Gasteiger partial charge in [0.1, 0.15) is 18.2 Å². The number of carbonyl (C=O) groups excluding carboxylic acids is 2. The molecular weight excluding hydrogens is 442 g/mol. The van der Waals surface area contributed by atoms with E-state index >= 15 is 0 Å². The Hall–Kier alpha value is -1.00. The minimum atomic E-state index is -2.09. The van der Waals surface area contributed by atoms with E-state index in [2.05, 4.69) is 46.1 Å². The molecule has 194 valence electrons. The minimum absolute atomic E-state index is 0.00565. The Labute approximate surface area is 201 Å². The van der Waals surface area contributed by atoms with E-state index in [-0.39, 0.29) is 17.6 Å². The number of ether oxygens (including phenoxy) is 3. The minimum Gasteiger partial charge on any atom is -0.457 e. The van der Waals surface area contributed by atoms with Gasteiger partial charge in [-0.3, -0.25) is 9.59 Å². The Balaban J connectivity index is 2.92. The van der Waals surface area contributed by atoms with E-state index in [9.17, 15) is 14.7 Å². The Morgan fingerprint density at radius 3 is 2.21 bits per heavy atom. The van der Waals surface area contributed by atoms with Crippen molar-refractivity contribution in [3.05, 3.63) is 0 Å². The lowest BCUT2D eigenvalue weighted by Gasteiger charge is -2.45. The van der Waals surface area contributed by atoms with Crippen LogP contribution in [-0.2, 0) is 28.2 Å². The molecule has 0 unspecified atom stereocenters. The van der Waals surface area contributed by atoms with Crippen LogP contribution in [0.1, 0.15) is 80.1 Å². The molecule has 0 radical (unpaired) electrons. The molecule has 1 amide bonds. The van der Waals surface area contributed by atoms with Crippen molar-refractivity contribution in [1.82, 2.24) is 5.32 Å². The molecule has 0 aromatic rings. The predicted octanol–water partition coefficient (Wildman–Crippen LogP) is 3.91. The molecule has 1 aliphatic heterocycles. The van der Waals surface area contributed by atoms with Gasteiger partial charge in [0.2, 0.25) is 5.91 Å². The summed E-state index contributed by atoms with van der Waals surface area (Å²) < 4.78 is 23.8. The molecule has 0 aromatic carbocycles. The molecule has 8 nitrogen and oxygen atoms in total. The summed E-state index contributed by atoms with van der Waals surface area (Å²) in [7, 11) is -2.09. The van der Waals surface area contributed by atoms with Gasteiger partial charge in [-0.05, 0) is 24.6 Å². The molecule has 0 spiro atoms. The van der Waals surface area contributed by atoms with Crippen molar-refractivity contribution in [3.63, 3.8) is 0 Å². The van der Waals surface area contributed by atoms with Gasteiger partial charge in [0, 0.05) is 20.5 Å². The summed E-state index contributed by atoms with van der Waals surface area (Å²) in [5, 5.41) is 13.7. The summed E-state index contributed by atoms with van der Waals surface area (Å²) in [5.74, 6) is -0.868. The third kappa shape index (κ3) is 10.0. The van der Waals surface area contributed by atoms with Crippen molar-refractivity contribution in [2.45, 2.75) is 129 Å². The van der Waals surface area contributed by atoms with E-state index < -0.39 is 44.9 Å². The van der Waals surface area contributed by atoms with Crippen molar-refractivity contribution in [2.75, 3.05) is 13.2 Å². The van der Waals surface area contributed by atoms with Crippen molar-refractivity contribution in [3.8, 4) is 0 Å². The zero-order valence-corrected chi connectivity index (χ0v) is 22.9. The summed E-state index contributed by atoms with van der Waals surface area (Å²) in [4.78, 5) is 23.6. The summed E-state index contributed by atoms with van der Waals surface area (Å²) >= 11 is 0. The summed E-state index contributed by atoms with van der Waals surface area (Å²) in [6.07, 6.45) is 2.93. The number of carbonyl (C=O) groups is 2. The number of hydrogen-bond donors (Lipinski definition) is 2. The maximum absolute atomic E-state index is 11.9. The van der Waals surface area contributed by atoms with E-state index in [1.54, 1.807) is 0 Å². The van der Waals surface area contributed by atoms with Crippen molar-refractivity contribution in [2.24, 2.45) is 0 Å². The molecule has 1 aliphatic rings. The fraction of sp³-hybridized carbons (Fsp3) is 0.917. The Morgan fingerprint density at radius 1 is 1.06 bits per heavy atom. The Morgan fingerprint density at radius 2 is 1.67 bits per heavy atom. The quantitative estimate of drug-likeness (QED) is 0.230. The molecule has 0 aromatic heterocycles. The van der Waals surface area contributed by atoms with Gasteiger partial charge in [-0.25, -0.2) is 0 Å². The zero-order valence-electron chi connectivity index (χ0n) is 21.9. The van der Waals surface area contributed by atoms with Crippen LogP contribution in [0.15, 0.2) is 0 Å². The first-order chi connectivity index (χ1) is 15.3. The van der Waals surface area contributed by atoms with E-state index in [1.807, 2.05) is 0 Å². The van der Waals surface area contributed by atoms with Gasteiger partial charge in [0.05, 0.1) is 6.61 Å². The van der Waals surface area contributed by atoms with Gasteiger partial charge in [-0.2, -0.15) is 0 Å². The molecule has 0 aliphatic carbocycles. The van der Waals surface area contributed by atoms with Crippen LogP contribution < -0.4 is 5.32 Å². The standard InChI is InChI=1S/C24H47NO7Si/c1-9-10-11-12-13-14-15-29-23-20(25-17(2)26)22(31-18(3)27)21(28)19(32-23)16-30-33(7,8)24(4,5)6/h19-23,28H,9-16H2,1-8H3,(H,25,26)/t19-,20-,21-,22-,23-/m1/s1. The van der Waals surface area contributed by atoms with Crippen LogP contribution in [-0.4, -0.2) is 69.2 Å². The third-order valence-electron chi connectivity index (χ3n) is 6.54. The van der Waals surface area contributed by atoms with Crippen LogP contribution in [0, 0.1) is 0 Å². The summed E-state index contributed by atoms with van der Waals surface area (Å²) in [6.45, 7) is 16.1. The van der Waals surface area contributed by atoms with E-state index in [0.29, 0.717) is 6.61 Å². The van der Waals surface area contributed by atoms with E-state index in [4.69, 9.17) is 18.6 Å². The molecule has 1 rings (SSSR count). The van der Waals surface area contributed by atoms with Gasteiger partial charge in [0.15, 0.2) is 20.7 Å². The third-order valence-corrected chi connectivity index (χ3v) is 11.0. The van der Waals surface area contributed by atoms with Crippen molar-refractivity contribution in [1.29, 1.82) is 0 Å². The van der Waals surface area contributed by atoms with Crippen LogP contribution in [0.5, 0.6) is 0 Å². The number of hydrogen-bond acceptors (Lipinski definition) is 7. The molecule has 33 heavy (non-hydrogen) atoms.